The Labute approximate surface area is 102 Å². The maximum Gasteiger partial charge on any atom is 0 e. The molecule has 8 heavy (non-hydrogen) atoms. The maximum atomic E-state index is 9.10. The van der Waals surface area contributed by atoms with Crippen molar-refractivity contribution in [1.82, 2.24) is 0 Å². The molecule has 0 heterocycles. The molecule has 0 aromatic carbocycles. The molecule has 0 fully saturated rings. The first kappa shape index (κ1) is 16.1. The third-order valence-electron chi connectivity index (χ3n) is 0.183. The van der Waals surface area contributed by atoms with Crippen molar-refractivity contribution in [3.8, 4) is 0 Å². The Morgan fingerprint density at radius 1 is 1.00 bits per heavy atom. The van der Waals surface area contributed by atoms with Crippen LogP contribution >= 0.6 is 0 Å². The fourth-order valence-electron chi connectivity index (χ4n) is 0. The molecular weight excluding hydrogens is 322 g/mol. The van der Waals surface area contributed by atoms with Gasteiger partial charge in [-0.15, -0.1) is 0 Å². The second kappa shape index (κ2) is 8.26. The Kier molecular flexibility index (Phi) is 16.7. The van der Waals surface area contributed by atoms with E-state index >= 15 is 0 Å². The summed E-state index contributed by atoms with van der Waals surface area (Å²) in [5.41, 5.74) is 0. The Bertz CT molecular complexity index is 80.0. The molecule has 4 nitrogen and oxygen atoms in total. The third-order valence-corrected chi connectivity index (χ3v) is 0.183. The van der Waals surface area contributed by atoms with Crippen LogP contribution < -0.4 is 0 Å². The van der Waals surface area contributed by atoms with Gasteiger partial charge >= 0.3 is 63.3 Å². The van der Waals surface area contributed by atoms with Gasteiger partial charge in [-0.3, -0.25) is 0 Å². The van der Waals surface area contributed by atoms with Crippen LogP contribution in [0.2, 0.25) is 0 Å². The summed E-state index contributed by atoms with van der Waals surface area (Å²) >= 11 is 0. The summed E-state index contributed by atoms with van der Waals surface area (Å²) in [6.07, 6.45) is 0. The number of hydrogen-bond donors (Lipinski definition) is 2. The normalized spacial score (nSPS) is 5.50. The molecule has 0 aliphatic carbocycles. The molecule has 0 radical (unpaired) electrons. The molecule has 6 heteroatoms. The fourth-order valence-corrected chi connectivity index (χ4v) is 0. The van der Waals surface area contributed by atoms with Crippen LogP contribution in [-0.4, -0.2) is 73.5 Å². The minimum Gasteiger partial charge on any atom is 0 e. The van der Waals surface area contributed by atoms with E-state index in [4.69, 9.17) is 19.8 Å². The first-order valence-electron chi connectivity index (χ1n) is 1.11. The second-order valence-electron chi connectivity index (χ2n) is 0.610. The van der Waals surface area contributed by atoms with Crippen LogP contribution in [0.25, 0.3) is 0 Å². The van der Waals surface area contributed by atoms with Crippen LogP contribution in [0.15, 0.2) is 0 Å². The first-order valence-corrected chi connectivity index (χ1v) is 1.11. The van der Waals surface area contributed by atoms with Crippen molar-refractivity contribution in [2.24, 2.45) is 0 Å². The topological polar surface area (TPSA) is 74.6 Å². The smallest absolute Gasteiger partial charge is 0 e. The van der Waals surface area contributed by atoms with Crippen LogP contribution in [0.1, 0.15) is 0 Å². The second-order valence-corrected chi connectivity index (χ2v) is 0.610. The monoisotopic (exact) mass is 325 g/mol. The van der Waals surface area contributed by atoms with E-state index in [-0.39, 0.29) is 72.4 Å². The van der Waals surface area contributed by atoms with Crippen molar-refractivity contribution in [2.45, 2.75) is 0 Å². The van der Waals surface area contributed by atoms with Crippen LogP contribution in [0.5, 0.6) is 0 Å². The molecule has 0 aliphatic heterocycles. The van der Waals surface area contributed by atoms with Gasteiger partial charge in [0.05, 0.1) is 0 Å². The predicted octanol–water partition coefficient (Wildman–Crippen LogP) is -1.50. The van der Waals surface area contributed by atoms with Gasteiger partial charge in [-0.2, -0.15) is 0 Å². The molecule has 2 N–H and O–H groups in total. The van der Waals surface area contributed by atoms with Gasteiger partial charge in [0.1, 0.15) is 0 Å². The number of hydrogen-bond acceptors (Lipinski definition) is 2. The summed E-state index contributed by atoms with van der Waals surface area (Å²) in [6, 6.07) is 0. The van der Waals surface area contributed by atoms with Crippen LogP contribution in [0.3, 0.4) is 0 Å². The molecule has 0 aromatic heterocycles. The molecular formula is C2H3KO4Pt. The number of aliphatic carboxylic acids is 2. The number of rotatable bonds is 0. The molecule has 0 aromatic rings. The van der Waals surface area contributed by atoms with Crippen molar-refractivity contribution < 1.29 is 40.9 Å². The standard InChI is InChI=1S/C2H2O4.K.Pt.H/c3-1(4)2(5)6;;;/h(H,3,4)(H,5,6);;;. The van der Waals surface area contributed by atoms with E-state index in [0.29, 0.717) is 0 Å². The summed E-state index contributed by atoms with van der Waals surface area (Å²) in [6.45, 7) is 0. The molecule has 46 valence electrons. The van der Waals surface area contributed by atoms with Gasteiger partial charge in [-0.05, 0) is 0 Å². The molecule has 0 amide bonds. The molecule has 0 rings (SSSR count). The zero-order valence-electron chi connectivity index (χ0n) is 3.03. The minimum absolute atomic E-state index is 0. The molecule has 0 bridgehead atoms. The van der Waals surface area contributed by atoms with Gasteiger partial charge in [0.15, 0.2) is 0 Å². The summed E-state index contributed by atoms with van der Waals surface area (Å²) < 4.78 is 0. The molecule has 0 unspecified atom stereocenters. The molecule has 0 aliphatic rings. The molecule has 0 saturated carbocycles. The average Bonchev–Trinajstić information content (AvgIpc) is 1.36. The molecule has 0 saturated heterocycles. The number of carboxylic acid groups (broad SMARTS) is 2. The first-order chi connectivity index (χ1) is 2.64. The SMILES string of the molecule is O=C(O)C(=O)O.[KH].[Pt]. The van der Waals surface area contributed by atoms with E-state index in [1.165, 1.54) is 0 Å². The van der Waals surface area contributed by atoms with E-state index in [1.807, 2.05) is 0 Å². The van der Waals surface area contributed by atoms with Gasteiger partial charge < -0.3 is 10.2 Å². The van der Waals surface area contributed by atoms with E-state index in [0.717, 1.165) is 0 Å². The summed E-state index contributed by atoms with van der Waals surface area (Å²) in [7, 11) is 0. The fraction of sp³-hybridized carbons (Fsp3) is 0. The summed E-state index contributed by atoms with van der Waals surface area (Å²) in [5.74, 6) is -3.65. The van der Waals surface area contributed by atoms with Crippen molar-refractivity contribution in [2.75, 3.05) is 0 Å². The summed E-state index contributed by atoms with van der Waals surface area (Å²) in [5, 5.41) is 14.8. The van der Waals surface area contributed by atoms with Gasteiger partial charge in [0.25, 0.3) is 0 Å². The van der Waals surface area contributed by atoms with Gasteiger partial charge in [-0.25, -0.2) is 9.59 Å². The van der Waals surface area contributed by atoms with Crippen LogP contribution in [-0.2, 0) is 30.7 Å². The van der Waals surface area contributed by atoms with Gasteiger partial charge in [0.2, 0.25) is 0 Å². The zero-order valence-corrected chi connectivity index (χ0v) is 5.30. The molecule has 0 spiro atoms. The van der Waals surface area contributed by atoms with Crippen molar-refractivity contribution >= 4 is 63.3 Å². The minimum atomic E-state index is -1.82. The Balaban J connectivity index is -0.000000125. The van der Waals surface area contributed by atoms with E-state index in [2.05, 4.69) is 0 Å². The predicted molar refractivity (Wildman–Crippen MR) is 22.4 cm³/mol. The quantitative estimate of drug-likeness (QED) is 0.420. The number of carboxylic acids is 2. The number of carbonyl (C=O) groups is 2. The van der Waals surface area contributed by atoms with Crippen molar-refractivity contribution in [3.05, 3.63) is 0 Å². The Morgan fingerprint density at radius 2 is 1.12 bits per heavy atom. The third kappa shape index (κ3) is 10.3. The zero-order chi connectivity index (χ0) is 5.15. The van der Waals surface area contributed by atoms with Crippen LogP contribution in [0.4, 0.5) is 0 Å². The van der Waals surface area contributed by atoms with E-state index in [9.17, 15) is 0 Å². The van der Waals surface area contributed by atoms with Crippen LogP contribution in [0, 0.1) is 0 Å². The summed E-state index contributed by atoms with van der Waals surface area (Å²) in [4.78, 5) is 18.2. The van der Waals surface area contributed by atoms with Crippen molar-refractivity contribution in [1.29, 1.82) is 0 Å². The van der Waals surface area contributed by atoms with Crippen molar-refractivity contribution in [3.63, 3.8) is 0 Å². The van der Waals surface area contributed by atoms with E-state index in [1.54, 1.807) is 0 Å². The average molecular weight is 325 g/mol. The Morgan fingerprint density at radius 3 is 1.12 bits per heavy atom. The largest absolute Gasteiger partial charge is 0 e. The maximum absolute atomic E-state index is 9.10. The van der Waals surface area contributed by atoms with Gasteiger partial charge in [0, 0.05) is 21.1 Å². The molecule has 0 atom stereocenters. The van der Waals surface area contributed by atoms with Gasteiger partial charge in [-0.1, -0.05) is 0 Å². The Hall–Kier alpha value is 1.26. The van der Waals surface area contributed by atoms with E-state index < -0.39 is 11.9 Å².